The van der Waals surface area contributed by atoms with Gasteiger partial charge in [-0.2, -0.15) is 0 Å². The molecule has 4 heteroatoms. The summed E-state index contributed by atoms with van der Waals surface area (Å²) in [4.78, 5) is 11.9. The summed E-state index contributed by atoms with van der Waals surface area (Å²) < 4.78 is 15.7. The maximum atomic E-state index is 11.9. The van der Waals surface area contributed by atoms with Crippen molar-refractivity contribution in [2.45, 2.75) is 6.92 Å². The van der Waals surface area contributed by atoms with Gasteiger partial charge in [0.1, 0.15) is 5.75 Å². The SMILES string of the molecule is COc1ccc(-c2ccc(OC)c(OC)c2)c(C(C)=O)c1. The normalized spacial score (nSPS) is 10.1. The minimum absolute atomic E-state index is 0.0151. The molecule has 0 atom stereocenters. The molecule has 2 aromatic carbocycles. The number of Topliss-reactive ketones (excluding diaryl/α,β-unsaturated/α-hetero) is 1. The highest BCUT2D eigenvalue weighted by Gasteiger charge is 2.13. The first-order valence-corrected chi connectivity index (χ1v) is 6.52. The van der Waals surface area contributed by atoms with Crippen LogP contribution in [-0.2, 0) is 0 Å². The van der Waals surface area contributed by atoms with Crippen molar-refractivity contribution in [3.8, 4) is 28.4 Å². The van der Waals surface area contributed by atoms with E-state index >= 15 is 0 Å². The predicted molar refractivity (Wildman–Crippen MR) is 81.5 cm³/mol. The van der Waals surface area contributed by atoms with Gasteiger partial charge in [-0.15, -0.1) is 0 Å². The van der Waals surface area contributed by atoms with Crippen LogP contribution in [0.4, 0.5) is 0 Å². The number of ketones is 1. The van der Waals surface area contributed by atoms with E-state index in [4.69, 9.17) is 14.2 Å². The molecule has 0 amide bonds. The number of hydrogen-bond donors (Lipinski definition) is 0. The summed E-state index contributed by atoms with van der Waals surface area (Å²) in [6, 6.07) is 11.0. The van der Waals surface area contributed by atoms with Gasteiger partial charge in [0.2, 0.25) is 0 Å². The number of benzene rings is 2. The number of carbonyl (C=O) groups excluding carboxylic acids is 1. The lowest BCUT2D eigenvalue weighted by molar-refractivity contribution is 0.101. The molecule has 0 bridgehead atoms. The second kappa shape index (κ2) is 6.31. The molecule has 2 aromatic rings. The fraction of sp³-hybridized carbons (Fsp3) is 0.235. The van der Waals surface area contributed by atoms with Gasteiger partial charge in [0, 0.05) is 5.56 Å². The lowest BCUT2D eigenvalue weighted by atomic mass is 9.97. The van der Waals surface area contributed by atoms with Gasteiger partial charge in [-0.3, -0.25) is 4.79 Å². The van der Waals surface area contributed by atoms with Crippen LogP contribution in [0.1, 0.15) is 17.3 Å². The second-order valence-corrected chi connectivity index (χ2v) is 4.54. The number of hydrogen-bond acceptors (Lipinski definition) is 4. The third kappa shape index (κ3) is 2.99. The number of rotatable bonds is 5. The molecule has 110 valence electrons. The Morgan fingerprint density at radius 3 is 2.14 bits per heavy atom. The Morgan fingerprint density at radius 2 is 1.57 bits per heavy atom. The van der Waals surface area contributed by atoms with Gasteiger partial charge in [0.15, 0.2) is 17.3 Å². The average molecular weight is 286 g/mol. The molecule has 0 saturated carbocycles. The van der Waals surface area contributed by atoms with Gasteiger partial charge in [-0.1, -0.05) is 6.07 Å². The Labute approximate surface area is 124 Å². The molecular weight excluding hydrogens is 268 g/mol. The molecule has 4 nitrogen and oxygen atoms in total. The van der Waals surface area contributed by atoms with Gasteiger partial charge < -0.3 is 14.2 Å². The molecule has 0 heterocycles. The molecule has 0 aromatic heterocycles. The number of ether oxygens (including phenoxy) is 3. The van der Waals surface area contributed by atoms with E-state index in [1.54, 1.807) is 34.3 Å². The topological polar surface area (TPSA) is 44.8 Å². The summed E-state index contributed by atoms with van der Waals surface area (Å²) >= 11 is 0. The number of methoxy groups -OCH3 is 3. The second-order valence-electron chi connectivity index (χ2n) is 4.54. The zero-order chi connectivity index (χ0) is 15.4. The first-order valence-electron chi connectivity index (χ1n) is 6.52. The summed E-state index contributed by atoms with van der Waals surface area (Å²) in [5, 5.41) is 0. The highest BCUT2D eigenvalue weighted by Crippen LogP contribution is 2.34. The van der Waals surface area contributed by atoms with E-state index in [2.05, 4.69) is 0 Å². The first-order chi connectivity index (χ1) is 10.1. The average Bonchev–Trinajstić information content (AvgIpc) is 2.53. The van der Waals surface area contributed by atoms with E-state index in [0.717, 1.165) is 11.1 Å². The molecule has 2 rings (SSSR count). The Kier molecular flexibility index (Phi) is 4.48. The smallest absolute Gasteiger partial charge is 0.161 e. The molecule has 0 aliphatic carbocycles. The highest BCUT2D eigenvalue weighted by atomic mass is 16.5. The fourth-order valence-electron chi connectivity index (χ4n) is 2.20. The van der Waals surface area contributed by atoms with Gasteiger partial charge >= 0.3 is 0 Å². The summed E-state index contributed by atoms with van der Waals surface area (Å²) in [5.74, 6) is 1.92. The standard InChI is InChI=1S/C17H18O4/c1-11(18)15-10-13(19-2)6-7-14(15)12-5-8-16(20-3)17(9-12)21-4/h5-10H,1-4H3. The van der Waals surface area contributed by atoms with Crippen LogP contribution >= 0.6 is 0 Å². The van der Waals surface area contributed by atoms with Crippen LogP contribution in [0.3, 0.4) is 0 Å². The van der Waals surface area contributed by atoms with Crippen LogP contribution in [0.2, 0.25) is 0 Å². The Bertz CT molecular complexity index is 662. The molecule has 0 fully saturated rings. The van der Waals surface area contributed by atoms with Crippen molar-refractivity contribution in [1.82, 2.24) is 0 Å². The molecule has 0 spiro atoms. The lowest BCUT2D eigenvalue weighted by Gasteiger charge is -2.12. The van der Waals surface area contributed by atoms with Crippen molar-refractivity contribution >= 4 is 5.78 Å². The van der Waals surface area contributed by atoms with Gasteiger partial charge in [-0.05, 0) is 48.4 Å². The minimum Gasteiger partial charge on any atom is -0.497 e. The van der Waals surface area contributed by atoms with Crippen LogP contribution in [-0.4, -0.2) is 27.1 Å². The zero-order valence-corrected chi connectivity index (χ0v) is 12.6. The Morgan fingerprint density at radius 1 is 0.857 bits per heavy atom. The molecule has 0 radical (unpaired) electrons. The van der Waals surface area contributed by atoms with Crippen molar-refractivity contribution < 1.29 is 19.0 Å². The van der Waals surface area contributed by atoms with E-state index in [9.17, 15) is 4.79 Å². The quantitative estimate of drug-likeness (QED) is 0.788. The molecule has 0 N–H and O–H groups in total. The van der Waals surface area contributed by atoms with Crippen molar-refractivity contribution in [2.24, 2.45) is 0 Å². The molecule has 0 unspecified atom stereocenters. The molecule has 0 aliphatic rings. The van der Waals surface area contributed by atoms with Crippen LogP contribution in [0.25, 0.3) is 11.1 Å². The van der Waals surface area contributed by atoms with Gasteiger partial charge in [0.05, 0.1) is 21.3 Å². The van der Waals surface area contributed by atoms with Crippen molar-refractivity contribution in [2.75, 3.05) is 21.3 Å². The predicted octanol–water partition coefficient (Wildman–Crippen LogP) is 3.58. The minimum atomic E-state index is -0.0151. The third-order valence-electron chi connectivity index (χ3n) is 3.30. The van der Waals surface area contributed by atoms with Gasteiger partial charge in [-0.25, -0.2) is 0 Å². The van der Waals surface area contributed by atoms with Crippen molar-refractivity contribution in [3.05, 3.63) is 42.0 Å². The Balaban J connectivity index is 2.58. The molecule has 0 aliphatic heterocycles. The Hall–Kier alpha value is -2.49. The van der Waals surface area contributed by atoms with E-state index in [0.29, 0.717) is 22.8 Å². The summed E-state index contributed by atoms with van der Waals surface area (Å²) in [6.07, 6.45) is 0. The van der Waals surface area contributed by atoms with Crippen LogP contribution in [0, 0.1) is 0 Å². The highest BCUT2D eigenvalue weighted by molar-refractivity contribution is 6.01. The monoisotopic (exact) mass is 286 g/mol. The summed E-state index contributed by atoms with van der Waals surface area (Å²) in [7, 11) is 4.75. The molecular formula is C17H18O4. The van der Waals surface area contributed by atoms with Gasteiger partial charge in [0.25, 0.3) is 0 Å². The number of carbonyl (C=O) groups is 1. The van der Waals surface area contributed by atoms with Crippen LogP contribution in [0.15, 0.2) is 36.4 Å². The van der Waals surface area contributed by atoms with E-state index in [-0.39, 0.29) is 5.78 Å². The van der Waals surface area contributed by atoms with Crippen molar-refractivity contribution in [1.29, 1.82) is 0 Å². The largest absolute Gasteiger partial charge is 0.497 e. The van der Waals surface area contributed by atoms with Crippen LogP contribution in [0.5, 0.6) is 17.2 Å². The fourth-order valence-corrected chi connectivity index (χ4v) is 2.20. The summed E-state index contributed by atoms with van der Waals surface area (Å²) in [6.45, 7) is 1.54. The zero-order valence-electron chi connectivity index (χ0n) is 12.6. The van der Waals surface area contributed by atoms with Crippen molar-refractivity contribution in [3.63, 3.8) is 0 Å². The van der Waals surface area contributed by atoms with E-state index in [1.807, 2.05) is 30.3 Å². The maximum Gasteiger partial charge on any atom is 0.161 e. The third-order valence-corrected chi connectivity index (χ3v) is 3.30. The maximum absolute atomic E-state index is 11.9. The lowest BCUT2D eigenvalue weighted by Crippen LogP contribution is -1.98. The van der Waals surface area contributed by atoms with E-state index in [1.165, 1.54) is 0 Å². The van der Waals surface area contributed by atoms with Crippen LogP contribution < -0.4 is 14.2 Å². The summed E-state index contributed by atoms with van der Waals surface area (Å²) in [5.41, 5.74) is 2.34. The molecule has 21 heavy (non-hydrogen) atoms. The first kappa shape index (κ1) is 14.9. The van der Waals surface area contributed by atoms with E-state index < -0.39 is 0 Å². The molecule has 0 saturated heterocycles.